The van der Waals surface area contributed by atoms with Crippen molar-refractivity contribution in [3.05, 3.63) is 71.8 Å². The van der Waals surface area contributed by atoms with Gasteiger partial charge < -0.3 is 5.32 Å². The second-order valence-electron chi connectivity index (χ2n) is 5.14. The van der Waals surface area contributed by atoms with E-state index < -0.39 is 0 Å². The molecule has 128 valence electrons. The molecule has 1 unspecified atom stereocenters. The van der Waals surface area contributed by atoms with Gasteiger partial charge in [-0.05, 0) is 31.9 Å². The zero-order valence-corrected chi connectivity index (χ0v) is 15.5. The topological polar surface area (TPSA) is 36.8 Å². The Balaban J connectivity index is 0.00000139. The Labute approximate surface area is 146 Å². The van der Waals surface area contributed by atoms with Gasteiger partial charge in [0.15, 0.2) is 0 Å². The van der Waals surface area contributed by atoms with Gasteiger partial charge in [-0.25, -0.2) is 4.99 Å². The van der Waals surface area contributed by atoms with E-state index in [0.29, 0.717) is 12.5 Å². The molecule has 2 aromatic carbocycles. The summed E-state index contributed by atoms with van der Waals surface area (Å²) < 4.78 is 0. The number of hydrogen-bond acceptors (Lipinski definition) is 1. The minimum absolute atomic E-state index is 0.166. The summed E-state index contributed by atoms with van der Waals surface area (Å²) in [5.41, 5.74) is 3.29. The fraction of sp³-hybridized carbons (Fsp3) is 0.333. The standard InChI is InChI=1S/C19H23N3.C2H6/c1-4-20-19(21-15(2)17-11-7-5-8-12-17)22-16(3)18-13-9-6-10-14-18;1-2/h5-15H,4H2,1-3H3,(H,20,21);1-2H3/b22-16+;. The van der Waals surface area contributed by atoms with Gasteiger partial charge in [0.25, 0.3) is 0 Å². The minimum atomic E-state index is 0.166. The van der Waals surface area contributed by atoms with Gasteiger partial charge in [-0.3, -0.25) is 4.99 Å². The van der Waals surface area contributed by atoms with Crippen molar-refractivity contribution in [2.45, 2.75) is 40.7 Å². The predicted octanol–water partition coefficient (Wildman–Crippen LogP) is 5.25. The molecule has 0 radical (unpaired) electrons. The van der Waals surface area contributed by atoms with Crippen molar-refractivity contribution in [2.24, 2.45) is 9.98 Å². The Bertz CT molecular complexity index is 631. The molecule has 0 aliphatic carbocycles. The summed E-state index contributed by atoms with van der Waals surface area (Å²) in [6.07, 6.45) is 0. The third-order valence-corrected chi connectivity index (χ3v) is 3.42. The van der Waals surface area contributed by atoms with Crippen LogP contribution in [0.2, 0.25) is 0 Å². The second kappa shape index (κ2) is 11.2. The Morgan fingerprint density at radius 3 is 2.04 bits per heavy atom. The molecule has 0 spiro atoms. The molecular weight excluding hydrogens is 294 g/mol. The lowest BCUT2D eigenvalue weighted by molar-refractivity contribution is 0.709. The molecule has 1 N–H and O–H groups in total. The van der Waals surface area contributed by atoms with Crippen molar-refractivity contribution >= 4 is 11.7 Å². The first-order valence-corrected chi connectivity index (χ1v) is 8.67. The van der Waals surface area contributed by atoms with E-state index >= 15 is 0 Å². The minimum Gasteiger partial charge on any atom is -0.348 e. The van der Waals surface area contributed by atoms with E-state index in [9.17, 15) is 0 Å². The molecule has 0 fully saturated rings. The molecule has 3 nitrogen and oxygen atoms in total. The normalized spacial score (nSPS) is 12.9. The third kappa shape index (κ3) is 6.37. The number of rotatable bonds is 4. The van der Waals surface area contributed by atoms with Gasteiger partial charge in [0.05, 0.1) is 6.04 Å². The van der Waals surface area contributed by atoms with Crippen LogP contribution in [-0.2, 0) is 0 Å². The number of nitrogens with zero attached hydrogens (tertiary/aromatic N) is 2. The van der Waals surface area contributed by atoms with E-state index in [4.69, 9.17) is 0 Å². The Morgan fingerprint density at radius 2 is 1.50 bits per heavy atom. The summed E-state index contributed by atoms with van der Waals surface area (Å²) in [5.74, 6) is 0.681. The SMILES string of the molecule is CC.CCN=C(/N=C(\C)c1ccccc1)NC(C)c1ccccc1. The Hall–Kier alpha value is -2.42. The summed E-state index contributed by atoms with van der Waals surface area (Å²) in [6.45, 7) is 10.8. The summed E-state index contributed by atoms with van der Waals surface area (Å²) in [6, 6.07) is 20.7. The summed E-state index contributed by atoms with van der Waals surface area (Å²) in [7, 11) is 0. The van der Waals surface area contributed by atoms with Gasteiger partial charge in [0.1, 0.15) is 0 Å². The van der Waals surface area contributed by atoms with Gasteiger partial charge in [-0.2, -0.15) is 0 Å². The van der Waals surface area contributed by atoms with Crippen molar-refractivity contribution in [1.29, 1.82) is 0 Å². The molecule has 0 amide bonds. The molecule has 0 bridgehead atoms. The summed E-state index contributed by atoms with van der Waals surface area (Å²) in [5, 5.41) is 3.40. The van der Waals surface area contributed by atoms with Gasteiger partial charge in [0, 0.05) is 12.3 Å². The second-order valence-corrected chi connectivity index (χ2v) is 5.14. The van der Waals surface area contributed by atoms with Gasteiger partial charge in [0.2, 0.25) is 5.96 Å². The summed E-state index contributed by atoms with van der Waals surface area (Å²) in [4.78, 5) is 9.13. The highest BCUT2D eigenvalue weighted by molar-refractivity contribution is 6.05. The number of hydrogen-bond donors (Lipinski definition) is 1. The highest BCUT2D eigenvalue weighted by atomic mass is 15.1. The molecule has 0 saturated carbocycles. The van der Waals surface area contributed by atoms with Crippen LogP contribution in [0.5, 0.6) is 0 Å². The molecule has 0 saturated heterocycles. The highest BCUT2D eigenvalue weighted by Gasteiger charge is 2.07. The fourth-order valence-corrected chi connectivity index (χ4v) is 2.18. The van der Waals surface area contributed by atoms with Crippen molar-refractivity contribution in [3.8, 4) is 0 Å². The summed E-state index contributed by atoms with van der Waals surface area (Å²) >= 11 is 0. The van der Waals surface area contributed by atoms with E-state index in [1.807, 2.05) is 64.1 Å². The first-order valence-electron chi connectivity index (χ1n) is 8.67. The molecule has 0 heterocycles. The van der Waals surface area contributed by atoms with Crippen LogP contribution in [0, 0.1) is 0 Å². The molecule has 3 heteroatoms. The first kappa shape index (κ1) is 19.6. The van der Waals surface area contributed by atoms with Crippen LogP contribution in [0.3, 0.4) is 0 Å². The quantitative estimate of drug-likeness (QED) is 0.605. The molecule has 0 aliphatic heterocycles. The van der Waals surface area contributed by atoms with Gasteiger partial charge in [-0.15, -0.1) is 0 Å². The first-order chi connectivity index (χ1) is 11.7. The van der Waals surface area contributed by atoms with Crippen LogP contribution in [-0.4, -0.2) is 18.2 Å². The lowest BCUT2D eigenvalue weighted by Crippen LogP contribution is -2.26. The number of nitrogens with one attached hydrogen (secondary N) is 1. The molecule has 2 rings (SSSR count). The smallest absolute Gasteiger partial charge is 0.218 e. The van der Waals surface area contributed by atoms with Crippen molar-refractivity contribution in [2.75, 3.05) is 6.54 Å². The lowest BCUT2D eigenvalue weighted by Gasteiger charge is -2.15. The van der Waals surface area contributed by atoms with Crippen LogP contribution in [0.4, 0.5) is 0 Å². The Morgan fingerprint density at radius 1 is 0.958 bits per heavy atom. The zero-order chi connectivity index (χ0) is 17.8. The average Bonchev–Trinajstić information content (AvgIpc) is 2.65. The Kier molecular flexibility index (Phi) is 9.13. The lowest BCUT2D eigenvalue weighted by atomic mass is 10.1. The largest absolute Gasteiger partial charge is 0.348 e. The van der Waals surface area contributed by atoms with E-state index in [2.05, 4.69) is 46.5 Å². The van der Waals surface area contributed by atoms with Gasteiger partial charge in [-0.1, -0.05) is 74.5 Å². The van der Waals surface area contributed by atoms with Crippen LogP contribution in [0.15, 0.2) is 70.6 Å². The highest BCUT2D eigenvalue weighted by Crippen LogP contribution is 2.11. The molecule has 2 aromatic rings. The number of guanidine groups is 1. The third-order valence-electron chi connectivity index (χ3n) is 3.42. The van der Waals surface area contributed by atoms with Crippen LogP contribution in [0.1, 0.15) is 51.8 Å². The fourth-order valence-electron chi connectivity index (χ4n) is 2.18. The molecule has 0 aromatic heterocycles. The number of aliphatic imine (C=N–C) groups is 2. The zero-order valence-electron chi connectivity index (χ0n) is 15.5. The van der Waals surface area contributed by atoms with E-state index in [1.165, 1.54) is 5.56 Å². The van der Waals surface area contributed by atoms with E-state index in [0.717, 1.165) is 11.3 Å². The molecule has 0 aliphatic rings. The van der Waals surface area contributed by atoms with Gasteiger partial charge >= 0.3 is 0 Å². The maximum Gasteiger partial charge on any atom is 0.218 e. The maximum absolute atomic E-state index is 4.66. The predicted molar refractivity (Wildman–Crippen MR) is 106 cm³/mol. The molecular formula is C21H29N3. The molecule has 1 atom stereocenters. The van der Waals surface area contributed by atoms with Crippen molar-refractivity contribution in [1.82, 2.24) is 5.32 Å². The average molecular weight is 323 g/mol. The van der Waals surface area contributed by atoms with Crippen LogP contribution in [0.25, 0.3) is 0 Å². The van der Waals surface area contributed by atoms with Crippen LogP contribution >= 0.6 is 0 Å². The molecule has 24 heavy (non-hydrogen) atoms. The van der Waals surface area contributed by atoms with Crippen molar-refractivity contribution < 1.29 is 0 Å². The monoisotopic (exact) mass is 323 g/mol. The van der Waals surface area contributed by atoms with E-state index in [1.54, 1.807) is 0 Å². The van der Waals surface area contributed by atoms with Crippen molar-refractivity contribution in [3.63, 3.8) is 0 Å². The number of benzene rings is 2. The maximum atomic E-state index is 4.66. The van der Waals surface area contributed by atoms with E-state index in [-0.39, 0.29) is 6.04 Å². The van der Waals surface area contributed by atoms with Crippen LogP contribution < -0.4 is 5.32 Å².